The fraction of sp³-hybridized carbons (Fsp3) is 0.316. The highest BCUT2D eigenvalue weighted by molar-refractivity contribution is 7.89. The molecule has 1 fully saturated rings. The van der Waals surface area contributed by atoms with Gasteiger partial charge in [0.15, 0.2) is 0 Å². The Morgan fingerprint density at radius 3 is 2.63 bits per heavy atom. The van der Waals surface area contributed by atoms with Crippen molar-refractivity contribution in [2.45, 2.75) is 17.7 Å². The molecule has 0 spiro atoms. The van der Waals surface area contributed by atoms with E-state index in [1.54, 1.807) is 18.2 Å². The maximum Gasteiger partial charge on any atom is 0.243 e. The van der Waals surface area contributed by atoms with Crippen LogP contribution in [0.5, 0.6) is 5.75 Å². The van der Waals surface area contributed by atoms with Gasteiger partial charge < -0.3 is 10.1 Å². The lowest BCUT2D eigenvalue weighted by Crippen LogP contribution is -2.43. The molecule has 1 saturated heterocycles. The van der Waals surface area contributed by atoms with Crippen LogP contribution < -0.4 is 10.1 Å². The van der Waals surface area contributed by atoms with Gasteiger partial charge in [0, 0.05) is 18.8 Å². The molecule has 1 unspecified atom stereocenters. The van der Waals surface area contributed by atoms with Crippen LogP contribution in [0.25, 0.3) is 0 Å². The van der Waals surface area contributed by atoms with E-state index < -0.39 is 21.8 Å². The molecular formula is C19H21FN2O4S. The Morgan fingerprint density at radius 1 is 1.22 bits per heavy atom. The molecule has 0 aliphatic carbocycles. The quantitative estimate of drug-likeness (QED) is 0.849. The Hall–Kier alpha value is -2.45. The molecule has 1 amide bonds. The summed E-state index contributed by atoms with van der Waals surface area (Å²) in [6.07, 6.45) is 1.16. The fourth-order valence-corrected chi connectivity index (χ4v) is 4.61. The molecule has 144 valence electrons. The van der Waals surface area contributed by atoms with Gasteiger partial charge >= 0.3 is 0 Å². The van der Waals surface area contributed by atoms with E-state index >= 15 is 0 Å². The van der Waals surface area contributed by atoms with Crippen molar-refractivity contribution in [2.24, 2.45) is 5.92 Å². The third kappa shape index (κ3) is 4.45. The number of amides is 1. The number of piperidine rings is 1. The van der Waals surface area contributed by atoms with Crippen LogP contribution in [0.15, 0.2) is 53.4 Å². The number of rotatable bonds is 5. The Kier molecular flexibility index (Phi) is 5.76. The number of ether oxygens (including phenoxy) is 1. The van der Waals surface area contributed by atoms with Gasteiger partial charge in [-0.3, -0.25) is 4.79 Å². The lowest BCUT2D eigenvalue weighted by atomic mass is 9.99. The normalized spacial score (nSPS) is 18.1. The van der Waals surface area contributed by atoms with Crippen LogP contribution in [-0.2, 0) is 14.8 Å². The van der Waals surface area contributed by atoms with Crippen LogP contribution in [0.4, 0.5) is 10.1 Å². The average Bonchev–Trinajstić information content (AvgIpc) is 2.68. The van der Waals surface area contributed by atoms with Crippen molar-refractivity contribution >= 4 is 21.6 Å². The summed E-state index contributed by atoms with van der Waals surface area (Å²) < 4.78 is 45.4. The molecular weight excluding hydrogens is 371 g/mol. The highest BCUT2D eigenvalue weighted by Crippen LogP contribution is 2.26. The number of nitrogens with one attached hydrogen (secondary N) is 1. The first-order chi connectivity index (χ1) is 12.9. The van der Waals surface area contributed by atoms with Gasteiger partial charge in [0.1, 0.15) is 11.6 Å². The monoisotopic (exact) mass is 392 g/mol. The average molecular weight is 392 g/mol. The summed E-state index contributed by atoms with van der Waals surface area (Å²) in [5.74, 6) is -0.676. The van der Waals surface area contributed by atoms with Crippen LogP contribution >= 0.6 is 0 Å². The molecule has 3 rings (SSSR count). The zero-order valence-corrected chi connectivity index (χ0v) is 15.7. The van der Waals surface area contributed by atoms with Gasteiger partial charge in [0.2, 0.25) is 15.9 Å². The summed E-state index contributed by atoms with van der Waals surface area (Å²) in [4.78, 5) is 12.7. The van der Waals surface area contributed by atoms with Crippen molar-refractivity contribution in [1.29, 1.82) is 0 Å². The number of methoxy groups -OCH3 is 1. The molecule has 0 radical (unpaired) electrons. The van der Waals surface area contributed by atoms with Crippen LogP contribution in [-0.4, -0.2) is 38.8 Å². The fourth-order valence-electron chi connectivity index (χ4n) is 3.08. The maximum atomic E-state index is 13.3. The molecule has 27 heavy (non-hydrogen) atoms. The number of carbonyl (C=O) groups is 1. The van der Waals surface area contributed by atoms with Gasteiger partial charge in [0.05, 0.1) is 17.9 Å². The van der Waals surface area contributed by atoms with Crippen LogP contribution in [0, 0.1) is 11.7 Å². The number of halogens is 1. The molecule has 2 aromatic carbocycles. The van der Waals surface area contributed by atoms with E-state index in [0.717, 1.165) is 0 Å². The van der Waals surface area contributed by atoms with Gasteiger partial charge in [-0.05, 0) is 55.3 Å². The lowest BCUT2D eigenvalue weighted by molar-refractivity contribution is -0.120. The number of anilines is 1. The highest BCUT2D eigenvalue weighted by atomic mass is 32.2. The predicted molar refractivity (Wildman–Crippen MR) is 99.5 cm³/mol. The van der Waals surface area contributed by atoms with Gasteiger partial charge in [-0.1, -0.05) is 6.07 Å². The third-order valence-corrected chi connectivity index (χ3v) is 6.42. The molecule has 0 aromatic heterocycles. The predicted octanol–water partition coefficient (Wildman–Crippen LogP) is 2.87. The van der Waals surface area contributed by atoms with Gasteiger partial charge in [-0.15, -0.1) is 0 Å². The first kappa shape index (κ1) is 19.3. The third-order valence-electron chi connectivity index (χ3n) is 4.54. The van der Waals surface area contributed by atoms with Crippen molar-refractivity contribution in [3.05, 3.63) is 54.3 Å². The molecule has 1 aliphatic rings. The zero-order valence-electron chi connectivity index (χ0n) is 14.9. The van der Waals surface area contributed by atoms with Gasteiger partial charge in [0.25, 0.3) is 0 Å². The second-order valence-corrected chi connectivity index (χ2v) is 8.32. The number of hydrogen-bond donors (Lipinski definition) is 1. The van der Waals surface area contributed by atoms with Crippen molar-refractivity contribution in [3.63, 3.8) is 0 Å². The van der Waals surface area contributed by atoms with E-state index in [0.29, 0.717) is 30.8 Å². The molecule has 1 aliphatic heterocycles. The summed E-state index contributed by atoms with van der Waals surface area (Å²) in [6.45, 7) is 0.452. The maximum absolute atomic E-state index is 13.3. The SMILES string of the molecule is COc1ccc(S(=O)(=O)N2CCCC(C(=O)Nc3cccc(F)c3)C2)cc1. The molecule has 0 saturated carbocycles. The minimum atomic E-state index is -3.70. The van der Waals surface area contributed by atoms with E-state index in [2.05, 4.69) is 5.32 Å². The zero-order chi connectivity index (χ0) is 19.4. The van der Waals surface area contributed by atoms with Crippen molar-refractivity contribution in [1.82, 2.24) is 4.31 Å². The first-order valence-corrected chi connectivity index (χ1v) is 10.0. The Labute approximate surface area is 158 Å². The van der Waals surface area contributed by atoms with Gasteiger partial charge in [-0.2, -0.15) is 4.31 Å². The number of carbonyl (C=O) groups excluding carboxylic acids is 1. The minimum Gasteiger partial charge on any atom is -0.497 e. The number of sulfonamides is 1. The van der Waals surface area contributed by atoms with Crippen molar-refractivity contribution < 1.29 is 22.3 Å². The minimum absolute atomic E-state index is 0.0928. The van der Waals surface area contributed by atoms with Crippen LogP contribution in [0.3, 0.4) is 0 Å². The lowest BCUT2D eigenvalue weighted by Gasteiger charge is -2.31. The highest BCUT2D eigenvalue weighted by Gasteiger charge is 2.33. The van der Waals surface area contributed by atoms with Crippen LogP contribution in [0.2, 0.25) is 0 Å². The number of hydrogen-bond acceptors (Lipinski definition) is 4. The second-order valence-electron chi connectivity index (χ2n) is 6.38. The topological polar surface area (TPSA) is 75.7 Å². The van der Waals surface area contributed by atoms with Crippen molar-refractivity contribution in [3.8, 4) is 5.75 Å². The summed E-state index contributed by atoms with van der Waals surface area (Å²) in [5, 5.41) is 2.66. The smallest absolute Gasteiger partial charge is 0.243 e. The molecule has 6 nitrogen and oxygen atoms in total. The number of nitrogens with zero attached hydrogens (tertiary/aromatic N) is 1. The van der Waals surface area contributed by atoms with E-state index in [-0.39, 0.29) is 17.3 Å². The van der Waals surface area contributed by atoms with Crippen molar-refractivity contribution in [2.75, 3.05) is 25.5 Å². The summed E-state index contributed by atoms with van der Waals surface area (Å²) in [6, 6.07) is 11.8. The summed E-state index contributed by atoms with van der Waals surface area (Å²) >= 11 is 0. The molecule has 0 bridgehead atoms. The second kappa shape index (κ2) is 8.06. The molecule has 8 heteroatoms. The van der Waals surface area contributed by atoms with E-state index in [4.69, 9.17) is 4.74 Å². The Morgan fingerprint density at radius 2 is 1.96 bits per heavy atom. The largest absolute Gasteiger partial charge is 0.497 e. The molecule has 2 aromatic rings. The Bertz CT molecular complexity index is 916. The number of benzene rings is 2. The Balaban J connectivity index is 1.71. The molecule has 1 N–H and O–H groups in total. The molecule has 1 heterocycles. The summed E-state index contributed by atoms with van der Waals surface area (Å²) in [5.41, 5.74) is 0.357. The van der Waals surface area contributed by atoms with Gasteiger partial charge in [-0.25, -0.2) is 12.8 Å². The van der Waals surface area contributed by atoms with E-state index in [1.807, 2.05) is 0 Å². The standard InChI is InChI=1S/C19H21FN2O4S/c1-26-17-7-9-18(10-8-17)27(24,25)22-11-3-4-14(13-22)19(23)21-16-6-2-5-15(20)12-16/h2,5-10,12,14H,3-4,11,13H2,1H3,(H,21,23). The summed E-state index contributed by atoms with van der Waals surface area (Å²) in [7, 11) is -2.19. The van der Waals surface area contributed by atoms with E-state index in [9.17, 15) is 17.6 Å². The molecule has 1 atom stereocenters. The first-order valence-electron chi connectivity index (χ1n) is 8.61. The van der Waals surface area contributed by atoms with E-state index in [1.165, 1.54) is 41.7 Å². The van der Waals surface area contributed by atoms with Crippen LogP contribution in [0.1, 0.15) is 12.8 Å².